The van der Waals surface area contributed by atoms with Crippen LogP contribution in [-0.4, -0.2) is 8.24 Å². The first kappa shape index (κ1) is 26.8. The third-order valence-electron chi connectivity index (χ3n) is 7.02. The molecule has 0 radical (unpaired) electrons. The fourth-order valence-corrected chi connectivity index (χ4v) is 10.9. The summed E-state index contributed by atoms with van der Waals surface area (Å²) in [5, 5.41) is 2.88. The zero-order valence-corrected chi connectivity index (χ0v) is 23.2. The summed E-state index contributed by atoms with van der Waals surface area (Å²) in [6.07, 6.45) is 13.0. The molecular formula is C33H43NSi. The molecule has 0 aromatic heterocycles. The van der Waals surface area contributed by atoms with Gasteiger partial charge in [-0.15, -0.1) is 6.58 Å². The van der Waals surface area contributed by atoms with Gasteiger partial charge in [-0.1, -0.05) is 138 Å². The third kappa shape index (κ3) is 6.24. The lowest BCUT2D eigenvalue weighted by atomic mass is 9.98. The maximum absolute atomic E-state index is 4.06. The molecule has 184 valence electrons. The van der Waals surface area contributed by atoms with Gasteiger partial charge in [0, 0.05) is 5.69 Å². The van der Waals surface area contributed by atoms with Crippen LogP contribution < -0.4 is 14.9 Å². The monoisotopic (exact) mass is 481 g/mol. The molecule has 0 bridgehead atoms. The minimum absolute atomic E-state index is 0.0199. The fraction of sp³-hybridized carbons (Fsp3) is 0.333. The minimum Gasteiger partial charge on any atom is -0.366 e. The smallest absolute Gasteiger partial charge is 0.230 e. The summed E-state index contributed by atoms with van der Waals surface area (Å²) in [4.78, 5) is 0. The molecular weight excluding hydrogens is 438 g/mol. The van der Waals surface area contributed by atoms with E-state index in [-0.39, 0.29) is 5.04 Å². The second-order valence-corrected chi connectivity index (χ2v) is 15.1. The second kappa shape index (κ2) is 12.7. The highest BCUT2D eigenvalue weighted by molar-refractivity contribution is 7.07. The number of para-hydroxylation sites is 1. The van der Waals surface area contributed by atoms with E-state index in [2.05, 4.69) is 148 Å². The molecule has 0 amide bonds. The number of unbranched alkanes of at least 4 members (excludes halogenated alkanes) is 2. The van der Waals surface area contributed by atoms with Gasteiger partial charge in [-0.2, -0.15) is 0 Å². The summed E-state index contributed by atoms with van der Waals surface area (Å²) in [6.45, 7) is 13.6. The summed E-state index contributed by atoms with van der Waals surface area (Å²) < 4.78 is 2.66. The van der Waals surface area contributed by atoms with E-state index >= 15 is 0 Å². The summed E-state index contributed by atoms with van der Waals surface area (Å²) in [5.41, 5.74) is 1.25. The average molecular weight is 482 g/mol. The largest absolute Gasteiger partial charge is 0.366 e. The van der Waals surface area contributed by atoms with Crippen molar-refractivity contribution in [2.75, 3.05) is 4.57 Å². The van der Waals surface area contributed by atoms with E-state index in [1.54, 1.807) is 0 Å². The normalized spacial score (nSPS) is 13.0. The highest BCUT2D eigenvalue weighted by Gasteiger charge is 2.52. The Bertz CT molecular complexity index is 995. The number of allylic oxidation sites excluding steroid dienone is 2. The molecule has 0 spiro atoms. The minimum atomic E-state index is -2.53. The Morgan fingerprint density at radius 2 is 1.31 bits per heavy atom. The predicted octanol–water partition coefficient (Wildman–Crippen LogP) is 8.34. The maximum atomic E-state index is 4.06. The molecule has 0 fully saturated rings. The lowest BCUT2D eigenvalue weighted by molar-refractivity contribution is 0.544. The molecule has 0 N–H and O–H groups in total. The van der Waals surface area contributed by atoms with E-state index in [4.69, 9.17) is 0 Å². The topological polar surface area (TPSA) is 3.24 Å². The summed E-state index contributed by atoms with van der Waals surface area (Å²) in [5.74, 6) is 0.503. The van der Waals surface area contributed by atoms with Crippen LogP contribution >= 0.6 is 0 Å². The van der Waals surface area contributed by atoms with Crippen LogP contribution in [0.4, 0.5) is 5.69 Å². The molecule has 0 aliphatic heterocycles. The van der Waals surface area contributed by atoms with Crippen LogP contribution in [0.15, 0.2) is 116 Å². The molecule has 3 aromatic rings. The number of hydrogen-bond acceptors (Lipinski definition) is 1. The number of benzene rings is 3. The standard InChI is InChI=1S/C33H43NSi/c1-6-8-12-20-29(19-7-2)27-28-34(30-21-13-9-14-22-30)35(33(3,4)5,31-23-15-10-16-24-31)32-25-17-11-18-26-32/h7,9-11,13-18,21-29H,2,6,8,12,19-20H2,1,3-5H3/b28-27+. The highest BCUT2D eigenvalue weighted by Crippen LogP contribution is 2.41. The first-order chi connectivity index (χ1) is 16.9. The van der Waals surface area contributed by atoms with Crippen LogP contribution in [0.5, 0.6) is 0 Å². The quantitative estimate of drug-likeness (QED) is 0.143. The summed E-state index contributed by atoms with van der Waals surface area (Å²) in [6, 6.07) is 33.4. The van der Waals surface area contributed by atoms with E-state index in [1.165, 1.54) is 41.7 Å². The Labute approximate surface area is 215 Å². The van der Waals surface area contributed by atoms with Gasteiger partial charge in [-0.05, 0) is 52.5 Å². The van der Waals surface area contributed by atoms with Gasteiger partial charge in [0.1, 0.15) is 0 Å². The van der Waals surface area contributed by atoms with Gasteiger partial charge in [-0.25, -0.2) is 0 Å². The third-order valence-corrected chi connectivity index (χ3v) is 12.7. The van der Waals surface area contributed by atoms with Crippen molar-refractivity contribution in [3.63, 3.8) is 0 Å². The molecule has 0 heterocycles. The maximum Gasteiger partial charge on any atom is 0.230 e. The van der Waals surface area contributed by atoms with Crippen molar-refractivity contribution in [1.82, 2.24) is 0 Å². The van der Waals surface area contributed by atoms with Gasteiger partial charge in [0.05, 0.1) is 0 Å². The highest BCUT2D eigenvalue weighted by atomic mass is 28.3. The molecule has 1 nitrogen and oxygen atoms in total. The zero-order valence-electron chi connectivity index (χ0n) is 22.2. The van der Waals surface area contributed by atoms with Crippen LogP contribution in [-0.2, 0) is 0 Å². The molecule has 0 saturated heterocycles. The molecule has 1 atom stereocenters. The molecule has 3 aromatic carbocycles. The van der Waals surface area contributed by atoms with Crippen molar-refractivity contribution in [2.45, 2.75) is 64.8 Å². The molecule has 0 aliphatic carbocycles. The van der Waals surface area contributed by atoms with Gasteiger partial charge in [0.15, 0.2) is 0 Å². The van der Waals surface area contributed by atoms with E-state index in [9.17, 15) is 0 Å². The molecule has 1 unspecified atom stereocenters. The van der Waals surface area contributed by atoms with Crippen LogP contribution in [0.25, 0.3) is 0 Å². The second-order valence-electron chi connectivity index (χ2n) is 10.5. The predicted molar refractivity (Wildman–Crippen MR) is 158 cm³/mol. The van der Waals surface area contributed by atoms with Gasteiger partial charge in [0.2, 0.25) is 8.24 Å². The Balaban J connectivity index is 2.26. The van der Waals surface area contributed by atoms with Crippen molar-refractivity contribution >= 4 is 24.3 Å². The number of rotatable bonds is 12. The number of anilines is 1. The van der Waals surface area contributed by atoms with Crippen LogP contribution in [0.3, 0.4) is 0 Å². The molecule has 0 saturated carbocycles. The number of nitrogens with zero attached hydrogens (tertiary/aromatic N) is 1. The van der Waals surface area contributed by atoms with Crippen molar-refractivity contribution in [2.24, 2.45) is 5.92 Å². The van der Waals surface area contributed by atoms with Crippen molar-refractivity contribution < 1.29 is 0 Å². The van der Waals surface area contributed by atoms with Crippen molar-refractivity contribution in [1.29, 1.82) is 0 Å². The van der Waals surface area contributed by atoms with E-state index in [0.717, 1.165) is 6.42 Å². The lowest BCUT2D eigenvalue weighted by Crippen LogP contribution is -2.74. The Kier molecular flexibility index (Phi) is 9.74. The molecule has 2 heteroatoms. The zero-order chi connectivity index (χ0) is 25.2. The Hall–Kier alpha value is -2.84. The summed E-state index contributed by atoms with van der Waals surface area (Å²) in [7, 11) is -2.53. The molecule has 3 rings (SSSR count). The molecule has 0 aliphatic rings. The van der Waals surface area contributed by atoms with Gasteiger partial charge in [0.25, 0.3) is 0 Å². The van der Waals surface area contributed by atoms with E-state index in [1.807, 2.05) is 0 Å². The van der Waals surface area contributed by atoms with Gasteiger partial charge in [-0.3, -0.25) is 0 Å². The van der Waals surface area contributed by atoms with Crippen LogP contribution in [0.2, 0.25) is 5.04 Å². The van der Waals surface area contributed by atoms with Crippen LogP contribution in [0.1, 0.15) is 59.8 Å². The van der Waals surface area contributed by atoms with Gasteiger partial charge >= 0.3 is 0 Å². The van der Waals surface area contributed by atoms with Crippen molar-refractivity contribution in [3.05, 3.63) is 116 Å². The van der Waals surface area contributed by atoms with E-state index in [0.29, 0.717) is 5.92 Å². The van der Waals surface area contributed by atoms with E-state index < -0.39 is 8.24 Å². The van der Waals surface area contributed by atoms with Gasteiger partial charge < -0.3 is 4.57 Å². The first-order valence-corrected chi connectivity index (χ1v) is 15.1. The Morgan fingerprint density at radius 1 is 0.800 bits per heavy atom. The first-order valence-electron chi connectivity index (χ1n) is 13.2. The van der Waals surface area contributed by atoms with Crippen LogP contribution in [0, 0.1) is 5.92 Å². The fourth-order valence-electron chi connectivity index (χ4n) is 5.38. The number of hydrogen-bond donors (Lipinski definition) is 0. The summed E-state index contributed by atoms with van der Waals surface area (Å²) >= 11 is 0. The lowest BCUT2D eigenvalue weighted by Gasteiger charge is -2.51. The average Bonchev–Trinajstić information content (AvgIpc) is 2.87. The Morgan fingerprint density at radius 3 is 1.77 bits per heavy atom. The SMILES string of the molecule is C=CCC(/C=C/N(c1ccccc1)[Si](c1ccccc1)(c1ccccc1)C(C)(C)C)CCCCC. The molecule has 35 heavy (non-hydrogen) atoms. The van der Waals surface area contributed by atoms with Crippen molar-refractivity contribution in [3.8, 4) is 0 Å².